The van der Waals surface area contributed by atoms with E-state index in [0.29, 0.717) is 12.6 Å². The van der Waals surface area contributed by atoms with Gasteiger partial charge in [-0.05, 0) is 6.42 Å². The highest BCUT2D eigenvalue weighted by Gasteiger charge is 2.22. The Bertz CT molecular complexity index is 160. The first-order chi connectivity index (χ1) is 5.74. The number of likely N-dealkylation sites (tertiary alicyclic amines) is 1. The van der Waals surface area contributed by atoms with Gasteiger partial charge in [0.1, 0.15) is 0 Å². The van der Waals surface area contributed by atoms with E-state index in [0.717, 1.165) is 26.1 Å². The average Bonchev–Trinajstić information content (AvgIpc) is 2.48. The maximum atomic E-state index is 10.9. The van der Waals surface area contributed by atoms with Gasteiger partial charge in [0.15, 0.2) is 0 Å². The standard InChI is InChI=1S/C8H17N3O/c1-7(12)11-5-2-8(6-11)10-4-3-9/h8,10H,2-6,9H2,1H3. The molecule has 1 rings (SSSR count). The number of hydrogen-bond acceptors (Lipinski definition) is 3. The molecule has 0 aromatic rings. The van der Waals surface area contributed by atoms with Crippen LogP contribution >= 0.6 is 0 Å². The van der Waals surface area contributed by atoms with Crippen molar-refractivity contribution in [2.24, 2.45) is 5.73 Å². The summed E-state index contributed by atoms with van der Waals surface area (Å²) in [5, 5.41) is 3.30. The van der Waals surface area contributed by atoms with Crippen molar-refractivity contribution in [1.82, 2.24) is 10.2 Å². The van der Waals surface area contributed by atoms with E-state index in [9.17, 15) is 4.79 Å². The second-order valence-electron chi connectivity index (χ2n) is 3.19. The zero-order valence-corrected chi connectivity index (χ0v) is 7.55. The molecule has 70 valence electrons. The molecule has 1 unspecified atom stereocenters. The normalized spacial score (nSPS) is 23.2. The van der Waals surface area contributed by atoms with Gasteiger partial charge in [0.2, 0.25) is 5.91 Å². The molecule has 0 radical (unpaired) electrons. The number of nitrogens with zero attached hydrogens (tertiary/aromatic N) is 1. The minimum Gasteiger partial charge on any atom is -0.341 e. The zero-order valence-electron chi connectivity index (χ0n) is 7.55. The molecule has 1 heterocycles. The summed E-state index contributed by atoms with van der Waals surface area (Å²) < 4.78 is 0. The molecule has 1 aliphatic heterocycles. The van der Waals surface area contributed by atoms with Crippen molar-refractivity contribution < 1.29 is 4.79 Å². The number of hydrogen-bond donors (Lipinski definition) is 2. The fourth-order valence-electron chi connectivity index (χ4n) is 1.50. The SMILES string of the molecule is CC(=O)N1CCC(NCCN)C1. The molecule has 0 bridgehead atoms. The van der Waals surface area contributed by atoms with Crippen LogP contribution in [0.5, 0.6) is 0 Å². The lowest BCUT2D eigenvalue weighted by Gasteiger charge is -2.14. The number of nitrogens with two attached hydrogens (primary N) is 1. The van der Waals surface area contributed by atoms with E-state index < -0.39 is 0 Å². The first-order valence-corrected chi connectivity index (χ1v) is 4.43. The smallest absolute Gasteiger partial charge is 0.219 e. The van der Waals surface area contributed by atoms with Crippen molar-refractivity contribution in [2.75, 3.05) is 26.2 Å². The Balaban J connectivity index is 2.21. The monoisotopic (exact) mass is 171 g/mol. The molecule has 0 aromatic heterocycles. The number of carbonyl (C=O) groups excluding carboxylic acids is 1. The quantitative estimate of drug-likeness (QED) is 0.582. The molecular weight excluding hydrogens is 154 g/mol. The minimum atomic E-state index is 0.173. The van der Waals surface area contributed by atoms with Gasteiger partial charge < -0.3 is 16.0 Å². The lowest BCUT2D eigenvalue weighted by molar-refractivity contribution is -0.127. The van der Waals surface area contributed by atoms with Gasteiger partial charge in [0.25, 0.3) is 0 Å². The zero-order chi connectivity index (χ0) is 8.97. The van der Waals surface area contributed by atoms with Crippen LogP contribution in [-0.4, -0.2) is 43.0 Å². The lowest BCUT2D eigenvalue weighted by atomic mass is 10.2. The Morgan fingerprint density at radius 1 is 1.75 bits per heavy atom. The second-order valence-corrected chi connectivity index (χ2v) is 3.19. The summed E-state index contributed by atoms with van der Waals surface area (Å²) in [6.07, 6.45) is 1.06. The second kappa shape index (κ2) is 4.42. The Labute approximate surface area is 73.1 Å². The third-order valence-electron chi connectivity index (χ3n) is 2.21. The van der Waals surface area contributed by atoms with Gasteiger partial charge >= 0.3 is 0 Å². The first kappa shape index (κ1) is 9.48. The summed E-state index contributed by atoms with van der Waals surface area (Å²) in [4.78, 5) is 12.8. The molecule has 0 spiro atoms. The summed E-state index contributed by atoms with van der Waals surface area (Å²) in [6, 6.07) is 0.456. The molecular formula is C8H17N3O. The summed E-state index contributed by atoms with van der Waals surface area (Å²) in [5.41, 5.74) is 5.36. The van der Waals surface area contributed by atoms with Gasteiger partial charge in [0, 0.05) is 39.1 Å². The van der Waals surface area contributed by atoms with Gasteiger partial charge in [-0.25, -0.2) is 0 Å². The van der Waals surface area contributed by atoms with Gasteiger partial charge in [-0.1, -0.05) is 0 Å². The molecule has 0 saturated carbocycles. The van der Waals surface area contributed by atoms with E-state index in [4.69, 9.17) is 5.73 Å². The van der Waals surface area contributed by atoms with Crippen LogP contribution in [0.4, 0.5) is 0 Å². The minimum absolute atomic E-state index is 0.173. The number of nitrogens with one attached hydrogen (secondary N) is 1. The molecule has 1 atom stereocenters. The van der Waals surface area contributed by atoms with Crippen LogP contribution < -0.4 is 11.1 Å². The maximum absolute atomic E-state index is 10.9. The fraction of sp³-hybridized carbons (Fsp3) is 0.875. The van der Waals surface area contributed by atoms with Crippen molar-refractivity contribution >= 4 is 5.91 Å². The molecule has 1 amide bonds. The molecule has 1 fully saturated rings. The van der Waals surface area contributed by atoms with E-state index in [1.165, 1.54) is 0 Å². The average molecular weight is 171 g/mol. The number of amides is 1. The van der Waals surface area contributed by atoms with Crippen LogP contribution in [0.1, 0.15) is 13.3 Å². The Morgan fingerprint density at radius 2 is 2.50 bits per heavy atom. The highest BCUT2D eigenvalue weighted by Crippen LogP contribution is 2.08. The fourth-order valence-corrected chi connectivity index (χ4v) is 1.50. The van der Waals surface area contributed by atoms with Gasteiger partial charge in [-0.3, -0.25) is 4.79 Å². The third-order valence-corrected chi connectivity index (χ3v) is 2.21. The summed E-state index contributed by atoms with van der Waals surface area (Å²) in [5.74, 6) is 0.173. The molecule has 4 heteroatoms. The summed E-state index contributed by atoms with van der Waals surface area (Å²) in [7, 11) is 0. The Morgan fingerprint density at radius 3 is 3.00 bits per heavy atom. The molecule has 1 saturated heterocycles. The van der Waals surface area contributed by atoms with E-state index in [1.54, 1.807) is 6.92 Å². The Kier molecular flexibility index (Phi) is 3.49. The highest BCUT2D eigenvalue weighted by atomic mass is 16.2. The Hall–Kier alpha value is -0.610. The van der Waals surface area contributed by atoms with Gasteiger partial charge in [0.05, 0.1) is 0 Å². The molecule has 0 aromatic carbocycles. The van der Waals surface area contributed by atoms with E-state index in [2.05, 4.69) is 5.32 Å². The van der Waals surface area contributed by atoms with Crippen molar-refractivity contribution in [2.45, 2.75) is 19.4 Å². The number of carbonyl (C=O) groups is 1. The maximum Gasteiger partial charge on any atom is 0.219 e. The summed E-state index contributed by atoms with van der Waals surface area (Å²) >= 11 is 0. The van der Waals surface area contributed by atoms with Crippen molar-refractivity contribution in [3.8, 4) is 0 Å². The van der Waals surface area contributed by atoms with E-state index in [-0.39, 0.29) is 5.91 Å². The molecule has 4 nitrogen and oxygen atoms in total. The van der Waals surface area contributed by atoms with Crippen LogP contribution in [0.2, 0.25) is 0 Å². The topological polar surface area (TPSA) is 58.4 Å². The van der Waals surface area contributed by atoms with Crippen molar-refractivity contribution in [3.05, 3.63) is 0 Å². The summed E-state index contributed by atoms with van der Waals surface area (Å²) in [6.45, 7) is 4.85. The molecule has 1 aliphatic rings. The molecule has 12 heavy (non-hydrogen) atoms. The van der Waals surface area contributed by atoms with Gasteiger partial charge in [-0.15, -0.1) is 0 Å². The van der Waals surface area contributed by atoms with Crippen LogP contribution in [0.25, 0.3) is 0 Å². The first-order valence-electron chi connectivity index (χ1n) is 4.43. The largest absolute Gasteiger partial charge is 0.341 e. The van der Waals surface area contributed by atoms with Crippen LogP contribution in [-0.2, 0) is 4.79 Å². The molecule has 3 N–H and O–H groups in total. The van der Waals surface area contributed by atoms with Crippen molar-refractivity contribution in [1.29, 1.82) is 0 Å². The van der Waals surface area contributed by atoms with Crippen LogP contribution in [0.15, 0.2) is 0 Å². The number of rotatable bonds is 3. The van der Waals surface area contributed by atoms with Crippen molar-refractivity contribution in [3.63, 3.8) is 0 Å². The predicted octanol–water partition coefficient (Wildman–Crippen LogP) is -0.844. The van der Waals surface area contributed by atoms with Crippen LogP contribution in [0.3, 0.4) is 0 Å². The predicted molar refractivity (Wildman–Crippen MR) is 47.7 cm³/mol. The van der Waals surface area contributed by atoms with E-state index >= 15 is 0 Å². The highest BCUT2D eigenvalue weighted by molar-refractivity contribution is 5.73. The van der Waals surface area contributed by atoms with Crippen LogP contribution in [0, 0.1) is 0 Å². The lowest BCUT2D eigenvalue weighted by Crippen LogP contribution is -2.36. The van der Waals surface area contributed by atoms with Gasteiger partial charge in [-0.2, -0.15) is 0 Å². The third kappa shape index (κ3) is 2.46. The van der Waals surface area contributed by atoms with E-state index in [1.807, 2.05) is 4.90 Å². The molecule has 0 aliphatic carbocycles.